The molecule has 4 nitrogen and oxygen atoms in total. The minimum Gasteiger partial charge on any atom is -0.372 e. The number of amides is 1. The minimum atomic E-state index is 0.0554. The molecule has 2 aliphatic rings. The smallest absolute Gasteiger partial charge is 0.234 e. The summed E-state index contributed by atoms with van der Waals surface area (Å²) in [7, 11) is 0. The number of hydrogen-bond donors (Lipinski definition) is 1. The zero-order chi connectivity index (χ0) is 14.0. The number of ether oxygens (including phenoxy) is 1. The highest BCUT2D eigenvalue weighted by atomic mass is 35.5. The molecule has 3 rings (SSSR count). The van der Waals surface area contributed by atoms with Crippen LogP contribution >= 0.6 is 22.9 Å². The molecule has 1 saturated heterocycles. The van der Waals surface area contributed by atoms with Crippen LogP contribution in [0.1, 0.15) is 24.1 Å². The lowest BCUT2D eigenvalue weighted by molar-refractivity contribution is -0.154. The van der Waals surface area contributed by atoms with Crippen LogP contribution in [0.3, 0.4) is 0 Å². The Kier molecular flexibility index (Phi) is 4.31. The van der Waals surface area contributed by atoms with Crippen molar-refractivity contribution < 1.29 is 9.53 Å². The highest BCUT2D eigenvalue weighted by molar-refractivity contribution is 7.16. The summed E-state index contributed by atoms with van der Waals surface area (Å²) in [6, 6.07) is 3.81. The van der Waals surface area contributed by atoms with Gasteiger partial charge in [0.2, 0.25) is 5.91 Å². The summed E-state index contributed by atoms with van der Waals surface area (Å²) in [5, 5.41) is 2.95. The second-order valence-electron chi connectivity index (χ2n) is 5.58. The summed E-state index contributed by atoms with van der Waals surface area (Å²) in [5.74, 6) is 0.0749. The van der Waals surface area contributed by atoms with Gasteiger partial charge >= 0.3 is 0 Å². The molecule has 1 aliphatic carbocycles. The zero-order valence-electron chi connectivity index (χ0n) is 11.4. The van der Waals surface area contributed by atoms with E-state index < -0.39 is 0 Å². The van der Waals surface area contributed by atoms with Crippen LogP contribution in [0.15, 0.2) is 12.1 Å². The molecule has 0 unspecified atom stereocenters. The highest BCUT2D eigenvalue weighted by Gasteiger charge is 2.42. The fourth-order valence-corrected chi connectivity index (χ4v) is 3.85. The van der Waals surface area contributed by atoms with Crippen LogP contribution < -0.4 is 5.32 Å². The van der Waals surface area contributed by atoms with Gasteiger partial charge in [-0.05, 0) is 31.4 Å². The van der Waals surface area contributed by atoms with Gasteiger partial charge in [-0.25, -0.2) is 0 Å². The van der Waals surface area contributed by atoms with Gasteiger partial charge in [-0.1, -0.05) is 11.6 Å². The Morgan fingerprint density at radius 3 is 3.00 bits per heavy atom. The Morgan fingerprint density at radius 1 is 1.50 bits per heavy atom. The van der Waals surface area contributed by atoms with E-state index in [9.17, 15) is 4.79 Å². The Bertz CT molecular complexity index is 487. The molecule has 1 aliphatic heterocycles. The van der Waals surface area contributed by atoms with Crippen LogP contribution in [0, 0.1) is 0 Å². The van der Waals surface area contributed by atoms with Crippen LogP contribution in [-0.2, 0) is 16.1 Å². The molecule has 0 radical (unpaired) electrons. The van der Waals surface area contributed by atoms with Crippen molar-refractivity contribution in [2.75, 3.05) is 26.2 Å². The number of hydrogen-bond acceptors (Lipinski definition) is 4. The van der Waals surface area contributed by atoms with Gasteiger partial charge in [0.25, 0.3) is 0 Å². The monoisotopic (exact) mass is 314 g/mol. The standard InChI is InChI=1S/C14H19ClN2O2S/c15-12-3-2-11(20-12)8-16-13(18)9-17-6-7-19-14(10-17)4-1-5-14/h2-3H,1,4-10H2,(H,16,18). The predicted octanol–water partition coefficient (Wildman–Crippen LogP) is 2.27. The molecule has 2 heterocycles. The molecule has 2 fully saturated rings. The van der Waals surface area contributed by atoms with Crippen molar-refractivity contribution in [3.05, 3.63) is 21.3 Å². The Labute approximate surface area is 128 Å². The van der Waals surface area contributed by atoms with Crippen LogP contribution in [0.25, 0.3) is 0 Å². The maximum atomic E-state index is 12.0. The van der Waals surface area contributed by atoms with Crippen LogP contribution in [-0.4, -0.2) is 42.6 Å². The van der Waals surface area contributed by atoms with Crippen molar-refractivity contribution in [1.29, 1.82) is 0 Å². The van der Waals surface area contributed by atoms with Crippen molar-refractivity contribution in [2.24, 2.45) is 0 Å². The second-order valence-corrected chi connectivity index (χ2v) is 7.38. The van der Waals surface area contributed by atoms with Gasteiger partial charge in [0.1, 0.15) is 0 Å². The summed E-state index contributed by atoms with van der Waals surface area (Å²) < 4.78 is 6.62. The van der Waals surface area contributed by atoms with Crippen LogP contribution in [0.4, 0.5) is 0 Å². The first kappa shape index (κ1) is 14.3. The van der Waals surface area contributed by atoms with E-state index in [1.165, 1.54) is 17.8 Å². The minimum absolute atomic E-state index is 0.0554. The van der Waals surface area contributed by atoms with E-state index in [1.54, 1.807) is 0 Å². The molecule has 6 heteroatoms. The van der Waals surface area contributed by atoms with Crippen molar-refractivity contribution >= 4 is 28.8 Å². The molecule has 20 heavy (non-hydrogen) atoms. The van der Waals surface area contributed by atoms with E-state index in [2.05, 4.69) is 10.2 Å². The highest BCUT2D eigenvalue weighted by Crippen LogP contribution is 2.37. The maximum Gasteiger partial charge on any atom is 0.234 e. The summed E-state index contributed by atoms with van der Waals surface area (Å²) >= 11 is 7.37. The first-order chi connectivity index (χ1) is 9.65. The summed E-state index contributed by atoms with van der Waals surface area (Å²) in [4.78, 5) is 15.3. The Hall–Kier alpha value is -0.620. The summed E-state index contributed by atoms with van der Waals surface area (Å²) in [5.41, 5.74) is 0.0554. The largest absolute Gasteiger partial charge is 0.372 e. The average molecular weight is 315 g/mol. The molecular formula is C14H19ClN2O2S. The van der Waals surface area contributed by atoms with E-state index in [0.29, 0.717) is 13.1 Å². The summed E-state index contributed by atoms with van der Waals surface area (Å²) in [6.45, 7) is 3.51. The molecule has 1 N–H and O–H groups in total. The lowest BCUT2D eigenvalue weighted by atomic mass is 9.79. The summed E-state index contributed by atoms with van der Waals surface area (Å²) in [6.07, 6.45) is 3.52. The molecule has 110 valence electrons. The predicted molar refractivity (Wildman–Crippen MR) is 80.1 cm³/mol. The SMILES string of the molecule is O=C(CN1CCOC2(CCC2)C1)NCc1ccc(Cl)s1. The molecule has 0 aromatic carbocycles. The van der Waals surface area contributed by atoms with Crippen LogP contribution in [0.2, 0.25) is 4.34 Å². The fraction of sp³-hybridized carbons (Fsp3) is 0.643. The molecule has 1 spiro atoms. The third-order valence-corrected chi connectivity index (χ3v) is 5.28. The number of thiophene rings is 1. The van der Waals surface area contributed by atoms with Crippen molar-refractivity contribution in [2.45, 2.75) is 31.4 Å². The van der Waals surface area contributed by atoms with Crippen molar-refractivity contribution in [1.82, 2.24) is 10.2 Å². The van der Waals surface area contributed by atoms with Gasteiger partial charge < -0.3 is 10.1 Å². The van der Waals surface area contributed by atoms with E-state index in [0.717, 1.165) is 41.8 Å². The van der Waals surface area contributed by atoms with E-state index in [4.69, 9.17) is 16.3 Å². The normalized spacial score (nSPS) is 21.6. The second kappa shape index (κ2) is 6.02. The third kappa shape index (κ3) is 3.34. The number of nitrogens with zero attached hydrogens (tertiary/aromatic N) is 1. The van der Waals surface area contributed by atoms with E-state index in [1.807, 2.05) is 12.1 Å². The van der Waals surface area contributed by atoms with E-state index in [-0.39, 0.29) is 11.5 Å². The fourth-order valence-electron chi connectivity index (χ4n) is 2.82. The quantitative estimate of drug-likeness (QED) is 0.927. The number of morpholine rings is 1. The number of halogens is 1. The Balaban J connectivity index is 1.44. The number of carbonyl (C=O) groups excluding carboxylic acids is 1. The molecule has 1 aromatic heterocycles. The van der Waals surface area contributed by atoms with Gasteiger partial charge in [-0.15, -0.1) is 11.3 Å². The first-order valence-electron chi connectivity index (χ1n) is 7.02. The average Bonchev–Trinajstić information content (AvgIpc) is 2.81. The van der Waals surface area contributed by atoms with Gasteiger partial charge in [0.05, 0.1) is 29.6 Å². The number of rotatable bonds is 4. The molecular weight excluding hydrogens is 296 g/mol. The topological polar surface area (TPSA) is 41.6 Å². The van der Waals surface area contributed by atoms with Crippen LogP contribution in [0.5, 0.6) is 0 Å². The third-order valence-electron chi connectivity index (χ3n) is 4.05. The maximum absolute atomic E-state index is 12.0. The molecule has 1 saturated carbocycles. The van der Waals surface area contributed by atoms with Gasteiger partial charge in [0.15, 0.2) is 0 Å². The lowest BCUT2D eigenvalue weighted by Gasteiger charge is -2.48. The Morgan fingerprint density at radius 2 is 2.35 bits per heavy atom. The number of carbonyl (C=O) groups is 1. The molecule has 0 atom stereocenters. The number of nitrogens with one attached hydrogen (secondary N) is 1. The zero-order valence-corrected chi connectivity index (χ0v) is 12.9. The van der Waals surface area contributed by atoms with Crippen molar-refractivity contribution in [3.8, 4) is 0 Å². The molecule has 1 amide bonds. The molecule has 0 bridgehead atoms. The first-order valence-corrected chi connectivity index (χ1v) is 8.22. The lowest BCUT2D eigenvalue weighted by Crippen LogP contribution is -2.57. The van der Waals surface area contributed by atoms with Gasteiger partial charge in [-0.2, -0.15) is 0 Å². The van der Waals surface area contributed by atoms with Gasteiger partial charge in [-0.3, -0.25) is 9.69 Å². The van der Waals surface area contributed by atoms with E-state index >= 15 is 0 Å². The van der Waals surface area contributed by atoms with Crippen molar-refractivity contribution in [3.63, 3.8) is 0 Å². The molecule has 1 aromatic rings. The van der Waals surface area contributed by atoms with Gasteiger partial charge in [0, 0.05) is 18.0 Å².